The smallest absolute Gasteiger partial charge is 0.333 e. The molecule has 5 heteroatoms. The van der Waals surface area contributed by atoms with E-state index < -0.39 is 5.41 Å². The van der Waals surface area contributed by atoms with Crippen LogP contribution in [0.15, 0.2) is 30.4 Å². The van der Waals surface area contributed by atoms with Gasteiger partial charge in [-0.15, -0.1) is 0 Å². The lowest BCUT2D eigenvalue weighted by atomic mass is 9.68. The Balaban J connectivity index is 1.61. The van der Waals surface area contributed by atoms with Crippen molar-refractivity contribution in [3.63, 3.8) is 0 Å². The average Bonchev–Trinajstić information content (AvgIpc) is 3.12. The van der Waals surface area contributed by atoms with E-state index in [1.165, 1.54) is 89.0 Å². The highest BCUT2D eigenvalue weighted by Gasteiger charge is 2.33. The fourth-order valence-corrected chi connectivity index (χ4v) is 8.67. The number of esters is 1. The highest BCUT2D eigenvalue weighted by Crippen LogP contribution is 2.45. The molecule has 5 nitrogen and oxygen atoms in total. The number of unbranched alkanes of at least 4 members (excludes halogenated alkanes) is 3. The van der Waals surface area contributed by atoms with Gasteiger partial charge in [-0.05, 0) is 118 Å². The summed E-state index contributed by atoms with van der Waals surface area (Å²) in [5.41, 5.74) is 2.47. The van der Waals surface area contributed by atoms with Crippen LogP contribution in [0.4, 0.5) is 0 Å². The molecule has 0 heterocycles. The van der Waals surface area contributed by atoms with Crippen LogP contribution in [0.25, 0.3) is 0 Å². The van der Waals surface area contributed by atoms with E-state index in [0.717, 1.165) is 67.6 Å². The zero-order valence-corrected chi connectivity index (χ0v) is 31.4. The van der Waals surface area contributed by atoms with Gasteiger partial charge in [0.1, 0.15) is 5.75 Å². The summed E-state index contributed by atoms with van der Waals surface area (Å²) in [5, 5.41) is 20.8. The molecule has 0 aromatic heterocycles. The summed E-state index contributed by atoms with van der Waals surface area (Å²) in [6, 6.07) is 6.77. The first kappa shape index (κ1) is 40.6. The molecule has 3 rings (SSSR count). The van der Waals surface area contributed by atoms with Crippen LogP contribution in [0.3, 0.4) is 0 Å². The number of hydrogen-bond acceptors (Lipinski definition) is 5. The predicted molar refractivity (Wildman–Crippen MR) is 199 cm³/mol. The second kappa shape index (κ2) is 22.1. The maximum absolute atomic E-state index is 12.0. The fourth-order valence-electron chi connectivity index (χ4n) is 8.67. The van der Waals surface area contributed by atoms with Crippen molar-refractivity contribution in [2.45, 2.75) is 162 Å². The van der Waals surface area contributed by atoms with Gasteiger partial charge in [-0.2, -0.15) is 0 Å². The fraction of sp³-hybridized carbons (Fsp3) is 0.791. The van der Waals surface area contributed by atoms with E-state index in [1.807, 2.05) is 0 Å². The van der Waals surface area contributed by atoms with Gasteiger partial charge < -0.3 is 19.7 Å². The lowest BCUT2D eigenvalue weighted by molar-refractivity contribution is -0.139. The molecule has 0 radical (unpaired) electrons. The van der Waals surface area contributed by atoms with Crippen molar-refractivity contribution in [2.24, 2.45) is 29.1 Å². The van der Waals surface area contributed by atoms with Crippen molar-refractivity contribution >= 4 is 5.97 Å². The van der Waals surface area contributed by atoms with Crippen molar-refractivity contribution in [3.8, 4) is 5.75 Å². The molecular weight excluding hydrogens is 596 g/mol. The number of ether oxygens (including phenoxy) is 2. The van der Waals surface area contributed by atoms with Crippen molar-refractivity contribution in [1.29, 1.82) is 0 Å². The zero-order chi connectivity index (χ0) is 34.8. The van der Waals surface area contributed by atoms with Crippen LogP contribution in [0.1, 0.15) is 167 Å². The first-order chi connectivity index (χ1) is 23.3. The Morgan fingerprint density at radius 3 is 2.17 bits per heavy atom. The Hall–Kier alpha value is -1.85. The summed E-state index contributed by atoms with van der Waals surface area (Å²) < 4.78 is 11.9. The highest BCUT2D eigenvalue weighted by molar-refractivity contribution is 5.86. The molecule has 0 saturated heterocycles. The Bertz CT molecular complexity index is 1050. The van der Waals surface area contributed by atoms with Gasteiger partial charge in [0.25, 0.3) is 0 Å². The molecule has 274 valence electrons. The van der Waals surface area contributed by atoms with Crippen LogP contribution in [0.2, 0.25) is 0 Å². The molecular formula is C43H72O5. The number of rotatable bonds is 23. The van der Waals surface area contributed by atoms with Crippen LogP contribution in [0.5, 0.6) is 5.75 Å². The van der Waals surface area contributed by atoms with Crippen molar-refractivity contribution in [1.82, 2.24) is 0 Å². The molecule has 2 aliphatic rings. The molecule has 1 aromatic carbocycles. The topological polar surface area (TPSA) is 76.0 Å². The van der Waals surface area contributed by atoms with E-state index >= 15 is 0 Å². The van der Waals surface area contributed by atoms with Gasteiger partial charge in [-0.1, -0.05) is 104 Å². The third kappa shape index (κ3) is 13.1. The normalized spacial score (nSPS) is 22.3. The predicted octanol–water partition coefficient (Wildman–Crippen LogP) is 10.7. The van der Waals surface area contributed by atoms with Gasteiger partial charge in [0, 0.05) is 11.0 Å². The van der Waals surface area contributed by atoms with Gasteiger partial charge in [0.2, 0.25) is 0 Å². The molecule has 0 amide bonds. The quantitative estimate of drug-likeness (QED) is 0.0689. The molecule has 0 bridgehead atoms. The summed E-state index contributed by atoms with van der Waals surface area (Å²) in [7, 11) is 0. The number of carbonyl (C=O) groups is 1. The van der Waals surface area contributed by atoms with Crippen LogP contribution < -0.4 is 4.74 Å². The van der Waals surface area contributed by atoms with Gasteiger partial charge in [-0.25, -0.2) is 4.79 Å². The summed E-state index contributed by atoms with van der Waals surface area (Å²) in [6.45, 7) is 12.9. The van der Waals surface area contributed by atoms with Gasteiger partial charge in [-0.3, -0.25) is 0 Å². The van der Waals surface area contributed by atoms with E-state index in [4.69, 9.17) is 9.47 Å². The lowest BCUT2D eigenvalue weighted by Crippen LogP contribution is -2.34. The molecule has 2 saturated carbocycles. The molecule has 0 spiro atoms. The standard InChI is InChI=1S/C43H72O5/c1-6-9-11-14-35-16-18-36(19-17-35)37-20-22-38(23-21-37)39-24-25-41(40(29-39)15-12-27-48-42(46)33(4)5)47-28-26-43(31-44,32-45)30-34(8-3)13-10-7-2/h24-25,29,34-38,44-45H,4,6-23,26-28,30-32H2,1-3,5H3. The summed E-state index contributed by atoms with van der Waals surface area (Å²) in [5.74, 6) is 4.44. The minimum Gasteiger partial charge on any atom is -0.493 e. The van der Waals surface area contributed by atoms with E-state index in [1.54, 1.807) is 6.92 Å². The van der Waals surface area contributed by atoms with Crippen LogP contribution in [-0.4, -0.2) is 42.6 Å². The largest absolute Gasteiger partial charge is 0.493 e. The number of aliphatic hydroxyl groups excluding tert-OH is 2. The molecule has 2 aliphatic carbocycles. The van der Waals surface area contributed by atoms with E-state index in [9.17, 15) is 15.0 Å². The van der Waals surface area contributed by atoms with Crippen molar-refractivity contribution < 1.29 is 24.5 Å². The molecule has 1 unspecified atom stereocenters. The minimum atomic E-state index is -0.530. The van der Waals surface area contributed by atoms with Crippen molar-refractivity contribution in [3.05, 3.63) is 41.5 Å². The van der Waals surface area contributed by atoms with Gasteiger partial charge >= 0.3 is 5.97 Å². The number of carbonyl (C=O) groups excluding carboxylic acids is 1. The van der Waals surface area contributed by atoms with E-state index in [-0.39, 0.29) is 19.2 Å². The Morgan fingerprint density at radius 2 is 1.56 bits per heavy atom. The number of benzene rings is 1. The number of hydrogen-bond donors (Lipinski definition) is 2. The van der Waals surface area contributed by atoms with E-state index in [0.29, 0.717) is 37.0 Å². The second-order valence-corrected chi connectivity index (χ2v) is 15.8. The Kier molecular flexibility index (Phi) is 18.7. The molecule has 0 aliphatic heterocycles. The molecule has 48 heavy (non-hydrogen) atoms. The molecule has 1 atom stereocenters. The summed E-state index contributed by atoms with van der Waals surface area (Å²) in [6.07, 6.45) is 24.1. The average molecular weight is 669 g/mol. The SMILES string of the molecule is C=C(C)C(=O)OCCCc1cc(C2CCC(C3CCC(CCCCC)CC3)CC2)ccc1OCCC(CO)(CO)CC(CC)CCCC. The Labute approximate surface area is 294 Å². The van der Waals surface area contributed by atoms with Crippen LogP contribution in [0, 0.1) is 29.1 Å². The number of aryl methyl sites for hydroxylation is 1. The van der Waals surface area contributed by atoms with Gasteiger partial charge in [0.05, 0.1) is 26.4 Å². The zero-order valence-electron chi connectivity index (χ0n) is 31.4. The highest BCUT2D eigenvalue weighted by atomic mass is 16.5. The molecule has 1 aromatic rings. The number of aliphatic hydroxyl groups is 2. The minimum absolute atomic E-state index is 0.0293. The molecule has 2 N–H and O–H groups in total. The maximum atomic E-state index is 12.0. The summed E-state index contributed by atoms with van der Waals surface area (Å²) in [4.78, 5) is 12.0. The van der Waals surface area contributed by atoms with E-state index in [2.05, 4.69) is 45.5 Å². The van der Waals surface area contributed by atoms with Crippen LogP contribution in [-0.2, 0) is 16.0 Å². The third-order valence-electron chi connectivity index (χ3n) is 12.1. The Morgan fingerprint density at radius 1 is 0.896 bits per heavy atom. The van der Waals surface area contributed by atoms with Crippen molar-refractivity contribution in [2.75, 3.05) is 26.4 Å². The van der Waals surface area contributed by atoms with Gasteiger partial charge in [0.15, 0.2) is 0 Å². The maximum Gasteiger partial charge on any atom is 0.333 e. The monoisotopic (exact) mass is 669 g/mol. The van der Waals surface area contributed by atoms with Crippen LogP contribution >= 0.6 is 0 Å². The third-order valence-corrected chi connectivity index (χ3v) is 12.1. The summed E-state index contributed by atoms with van der Waals surface area (Å²) >= 11 is 0. The first-order valence-electron chi connectivity index (χ1n) is 20.1. The molecule has 2 fully saturated rings. The lowest BCUT2D eigenvalue weighted by Gasteiger charge is -2.38. The second-order valence-electron chi connectivity index (χ2n) is 15.8. The first-order valence-corrected chi connectivity index (χ1v) is 20.1.